The first-order valence-electron chi connectivity index (χ1n) is 6.31. The fourth-order valence-electron chi connectivity index (χ4n) is 2.16. The van der Waals surface area contributed by atoms with E-state index in [0.29, 0.717) is 6.04 Å². The zero-order valence-corrected chi connectivity index (χ0v) is 11.5. The van der Waals surface area contributed by atoms with Crippen LogP contribution in [-0.2, 0) is 12.8 Å². The van der Waals surface area contributed by atoms with E-state index in [4.69, 9.17) is 5.84 Å². The van der Waals surface area contributed by atoms with Crippen LogP contribution in [0.25, 0.3) is 0 Å². The molecule has 0 amide bonds. The smallest absolute Gasteiger partial charge is 0.0254 e. The molecule has 2 rings (SSSR count). The maximum Gasteiger partial charge on any atom is 0.0254 e. The predicted molar refractivity (Wildman–Crippen MR) is 78.6 cm³/mol. The number of rotatable bonds is 6. The van der Waals surface area contributed by atoms with Crippen molar-refractivity contribution in [3.63, 3.8) is 0 Å². The van der Waals surface area contributed by atoms with Crippen LogP contribution in [0.1, 0.15) is 23.1 Å². The van der Waals surface area contributed by atoms with Gasteiger partial charge in [-0.25, -0.2) is 0 Å². The van der Waals surface area contributed by atoms with E-state index in [9.17, 15) is 0 Å². The van der Waals surface area contributed by atoms with Gasteiger partial charge < -0.3 is 0 Å². The maximum absolute atomic E-state index is 5.64. The van der Waals surface area contributed by atoms with Crippen molar-refractivity contribution in [3.05, 3.63) is 57.8 Å². The molecular weight excluding hydrogens is 240 g/mol. The lowest BCUT2D eigenvalue weighted by atomic mass is 9.98. The number of hydrogen-bond donors (Lipinski definition) is 2. The van der Waals surface area contributed by atoms with Gasteiger partial charge in [0, 0.05) is 6.04 Å². The monoisotopic (exact) mass is 260 g/mol. The topological polar surface area (TPSA) is 38.0 Å². The number of thiophene rings is 1. The second-order valence-electron chi connectivity index (χ2n) is 4.66. The van der Waals surface area contributed by atoms with Gasteiger partial charge in [0.1, 0.15) is 0 Å². The molecule has 96 valence electrons. The van der Waals surface area contributed by atoms with Crippen LogP contribution in [0.4, 0.5) is 0 Å². The molecule has 3 N–H and O–H groups in total. The fourth-order valence-corrected chi connectivity index (χ4v) is 2.84. The van der Waals surface area contributed by atoms with E-state index in [2.05, 4.69) is 53.4 Å². The van der Waals surface area contributed by atoms with Gasteiger partial charge in [0.25, 0.3) is 0 Å². The Bertz CT molecular complexity index is 465. The van der Waals surface area contributed by atoms with Crippen LogP contribution in [-0.4, -0.2) is 6.04 Å². The molecule has 0 aliphatic heterocycles. The molecule has 0 aliphatic carbocycles. The lowest BCUT2D eigenvalue weighted by molar-refractivity contribution is 0.491. The van der Waals surface area contributed by atoms with Crippen molar-refractivity contribution in [2.24, 2.45) is 5.84 Å². The molecule has 0 fully saturated rings. The second-order valence-corrected chi connectivity index (χ2v) is 5.44. The van der Waals surface area contributed by atoms with Gasteiger partial charge in [-0.05, 0) is 59.7 Å². The Hall–Kier alpha value is -1.16. The SMILES string of the molecule is Cc1ccccc1CCC(Cc1ccsc1)NN. The molecule has 1 aromatic carbocycles. The summed E-state index contributed by atoms with van der Waals surface area (Å²) in [6.45, 7) is 2.17. The van der Waals surface area contributed by atoms with Gasteiger partial charge in [-0.2, -0.15) is 11.3 Å². The third-order valence-electron chi connectivity index (χ3n) is 3.32. The minimum Gasteiger partial charge on any atom is -0.271 e. The van der Waals surface area contributed by atoms with Crippen LogP contribution in [0, 0.1) is 6.92 Å². The summed E-state index contributed by atoms with van der Waals surface area (Å²) >= 11 is 1.74. The van der Waals surface area contributed by atoms with E-state index < -0.39 is 0 Å². The molecule has 0 saturated carbocycles. The van der Waals surface area contributed by atoms with Gasteiger partial charge in [0.05, 0.1) is 0 Å². The highest BCUT2D eigenvalue weighted by Gasteiger charge is 2.09. The van der Waals surface area contributed by atoms with Crippen LogP contribution in [0.15, 0.2) is 41.1 Å². The Morgan fingerprint density at radius 3 is 2.78 bits per heavy atom. The zero-order chi connectivity index (χ0) is 12.8. The molecule has 0 radical (unpaired) electrons. The lowest BCUT2D eigenvalue weighted by Crippen LogP contribution is -2.37. The van der Waals surface area contributed by atoms with Crippen molar-refractivity contribution in [1.29, 1.82) is 0 Å². The van der Waals surface area contributed by atoms with E-state index in [1.807, 2.05) is 0 Å². The van der Waals surface area contributed by atoms with Gasteiger partial charge in [0.2, 0.25) is 0 Å². The van der Waals surface area contributed by atoms with Gasteiger partial charge in [-0.3, -0.25) is 11.3 Å². The molecule has 1 atom stereocenters. The number of benzene rings is 1. The maximum atomic E-state index is 5.64. The Morgan fingerprint density at radius 2 is 2.11 bits per heavy atom. The number of hydrogen-bond acceptors (Lipinski definition) is 3. The number of aryl methyl sites for hydroxylation is 2. The molecule has 0 spiro atoms. The molecule has 0 aliphatic rings. The average molecular weight is 260 g/mol. The summed E-state index contributed by atoms with van der Waals surface area (Å²) in [7, 11) is 0. The van der Waals surface area contributed by atoms with Gasteiger partial charge in [0.15, 0.2) is 0 Å². The first kappa shape index (κ1) is 13.3. The van der Waals surface area contributed by atoms with Crippen LogP contribution in [0.2, 0.25) is 0 Å². The highest BCUT2D eigenvalue weighted by Crippen LogP contribution is 2.14. The van der Waals surface area contributed by atoms with Crippen molar-refractivity contribution in [1.82, 2.24) is 5.43 Å². The quantitative estimate of drug-likeness (QED) is 0.619. The van der Waals surface area contributed by atoms with E-state index in [1.165, 1.54) is 16.7 Å². The summed E-state index contributed by atoms with van der Waals surface area (Å²) in [6.07, 6.45) is 3.15. The Labute approximate surface area is 113 Å². The fraction of sp³-hybridized carbons (Fsp3) is 0.333. The van der Waals surface area contributed by atoms with Crippen molar-refractivity contribution in [2.45, 2.75) is 32.2 Å². The van der Waals surface area contributed by atoms with E-state index in [1.54, 1.807) is 11.3 Å². The first-order chi connectivity index (χ1) is 8.79. The molecule has 1 heterocycles. The highest BCUT2D eigenvalue weighted by molar-refractivity contribution is 7.07. The van der Waals surface area contributed by atoms with Gasteiger partial charge >= 0.3 is 0 Å². The van der Waals surface area contributed by atoms with E-state index in [0.717, 1.165) is 19.3 Å². The number of nitrogens with one attached hydrogen (secondary N) is 1. The van der Waals surface area contributed by atoms with Crippen LogP contribution in [0.3, 0.4) is 0 Å². The summed E-state index contributed by atoms with van der Waals surface area (Å²) in [6, 6.07) is 11.1. The third-order valence-corrected chi connectivity index (χ3v) is 4.05. The number of hydrazine groups is 1. The molecule has 1 unspecified atom stereocenters. The summed E-state index contributed by atoms with van der Waals surface area (Å²) in [5.74, 6) is 5.64. The largest absolute Gasteiger partial charge is 0.271 e. The molecule has 2 nitrogen and oxygen atoms in total. The van der Waals surface area contributed by atoms with Gasteiger partial charge in [-0.1, -0.05) is 24.3 Å². The van der Waals surface area contributed by atoms with Crippen molar-refractivity contribution in [3.8, 4) is 0 Å². The third kappa shape index (κ3) is 3.67. The van der Waals surface area contributed by atoms with Crippen molar-refractivity contribution >= 4 is 11.3 Å². The summed E-state index contributed by atoms with van der Waals surface area (Å²) in [5.41, 5.74) is 7.09. The summed E-state index contributed by atoms with van der Waals surface area (Å²) < 4.78 is 0. The minimum absolute atomic E-state index is 0.346. The Morgan fingerprint density at radius 1 is 1.28 bits per heavy atom. The molecule has 18 heavy (non-hydrogen) atoms. The predicted octanol–water partition coefficient (Wildman–Crippen LogP) is 3.06. The second kappa shape index (κ2) is 6.69. The summed E-state index contributed by atoms with van der Waals surface area (Å²) in [4.78, 5) is 0. The van der Waals surface area contributed by atoms with Crippen molar-refractivity contribution < 1.29 is 0 Å². The van der Waals surface area contributed by atoms with Crippen LogP contribution < -0.4 is 11.3 Å². The lowest BCUT2D eigenvalue weighted by Gasteiger charge is -2.15. The Kier molecular flexibility index (Phi) is 4.93. The Balaban J connectivity index is 1.89. The van der Waals surface area contributed by atoms with Crippen LogP contribution >= 0.6 is 11.3 Å². The standard InChI is InChI=1S/C15H20N2S/c1-12-4-2-3-5-14(12)6-7-15(17-16)10-13-8-9-18-11-13/h2-5,8-9,11,15,17H,6-7,10,16H2,1H3. The normalized spacial score (nSPS) is 12.6. The van der Waals surface area contributed by atoms with Gasteiger partial charge in [-0.15, -0.1) is 0 Å². The molecular formula is C15H20N2S. The van der Waals surface area contributed by atoms with E-state index in [-0.39, 0.29) is 0 Å². The highest BCUT2D eigenvalue weighted by atomic mass is 32.1. The minimum atomic E-state index is 0.346. The molecule has 3 heteroatoms. The molecule has 2 aromatic rings. The molecule has 0 bridgehead atoms. The average Bonchev–Trinajstić information content (AvgIpc) is 2.89. The van der Waals surface area contributed by atoms with Crippen molar-refractivity contribution in [2.75, 3.05) is 0 Å². The first-order valence-corrected chi connectivity index (χ1v) is 7.25. The molecule has 1 aromatic heterocycles. The zero-order valence-electron chi connectivity index (χ0n) is 10.7. The van der Waals surface area contributed by atoms with Crippen LogP contribution in [0.5, 0.6) is 0 Å². The van der Waals surface area contributed by atoms with E-state index >= 15 is 0 Å². The molecule has 0 saturated heterocycles. The summed E-state index contributed by atoms with van der Waals surface area (Å²) in [5, 5.41) is 4.31. The number of nitrogens with two attached hydrogens (primary N) is 1.